The summed E-state index contributed by atoms with van der Waals surface area (Å²) in [4.78, 5) is 19.5. The molecule has 32 heavy (non-hydrogen) atoms. The van der Waals surface area contributed by atoms with Gasteiger partial charge in [-0.25, -0.2) is 4.98 Å². The van der Waals surface area contributed by atoms with E-state index in [9.17, 15) is 0 Å². The van der Waals surface area contributed by atoms with E-state index >= 15 is 0 Å². The smallest absolute Gasteiger partial charge is 0.229 e. The molecule has 0 radical (unpaired) electrons. The number of morpholine rings is 2. The van der Waals surface area contributed by atoms with Crippen molar-refractivity contribution in [3.05, 3.63) is 42.0 Å². The van der Waals surface area contributed by atoms with Crippen molar-refractivity contribution in [3.63, 3.8) is 0 Å². The first-order valence-electron chi connectivity index (χ1n) is 11.2. The number of hydrogen-bond donors (Lipinski definition) is 0. The number of nitrogens with zero attached hydrogens (tertiary/aromatic N) is 5. The largest absolute Gasteiger partial charge is 0.377 e. The number of alkyl halides is 1. The number of pyridine rings is 1. The lowest BCUT2D eigenvalue weighted by atomic mass is 10.1. The summed E-state index contributed by atoms with van der Waals surface area (Å²) in [6.07, 6.45) is 0. The molecule has 3 aromatic rings. The third kappa shape index (κ3) is 4.12. The highest BCUT2D eigenvalue weighted by atomic mass is 35.5. The molecule has 8 heteroatoms. The Morgan fingerprint density at radius 2 is 1.69 bits per heavy atom. The van der Waals surface area contributed by atoms with E-state index in [1.54, 1.807) is 0 Å². The quantitative estimate of drug-likeness (QED) is 0.555. The van der Waals surface area contributed by atoms with Gasteiger partial charge in [-0.3, -0.25) is 0 Å². The van der Waals surface area contributed by atoms with Gasteiger partial charge in [0.1, 0.15) is 5.82 Å². The number of fused-ring (bicyclic) bond motifs is 1. The van der Waals surface area contributed by atoms with Gasteiger partial charge in [0.2, 0.25) is 5.95 Å². The van der Waals surface area contributed by atoms with Crippen molar-refractivity contribution in [1.29, 1.82) is 0 Å². The van der Waals surface area contributed by atoms with Gasteiger partial charge < -0.3 is 19.3 Å². The molecule has 0 aliphatic carbocycles. The summed E-state index contributed by atoms with van der Waals surface area (Å²) in [7, 11) is 0. The predicted molar refractivity (Wildman–Crippen MR) is 128 cm³/mol. The summed E-state index contributed by atoms with van der Waals surface area (Å²) < 4.78 is 11.3. The first kappa shape index (κ1) is 21.4. The fourth-order valence-corrected chi connectivity index (χ4v) is 4.54. The van der Waals surface area contributed by atoms with Crippen LogP contribution in [0.25, 0.3) is 22.3 Å². The molecule has 1 unspecified atom stereocenters. The summed E-state index contributed by atoms with van der Waals surface area (Å²) in [6.45, 7) is 8.60. The molecule has 2 aliphatic rings. The average Bonchev–Trinajstić information content (AvgIpc) is 2.83. The van der Waals surface area contributed by atoms with Crippen LogP contribution >= 0.6 is 11.6 Å². The molecule has 2 saturated heterocycles. The number of rotatable bonds is 4. The molecule has 4 heterocycles. The van der Waals surface area contributed by atoms with Crippen LogP contribution in [0.1, 0.15) is 19.4 Å². The molecule has 2 aliphatic heterocycles. The first-order chi connectivity index (χ1) is 15.6. The van der Waals surface area contributed by atoms with Crippen LogP contribution in [-0.4, -0.2) is 66.6 Å². The third-order valence-corrected chi connectivity index (χ3v) is 6.48. The molecule has 0 amide bonds. The van der Waals surface area contributed by atoms with Crippen molar-refractivity contribution in [2.75, 3.05) is 49.3 Å². The number of hydrogen-bond acceptors (Lipinski definition) is 7. The Balaban J connectivity index is 1.65. The molecule has 2 fully saturated rings. The maximum absolute atomic E-state index is 6.05. The average molecular weight is 454 g/mol. The van der Waals surface area contributed by atoms with Crippen LogP contribution in [0.4, 0.5) is 11.8 Å². The highest BCUT2D eigenvalue weighted by molar-refractivity contribution is 6.17. The Hall–Kier alpha value is -2.48. The summed E-state index contributed by atoms with van der Waals surface area (Å²) in [6, 6.07) is 12.8. The van der Waals surface area contributed by atoms with Gasteiger partial charge in [-0.05, 0) is 37.6 Å². The lowest BCUT2D eigenvalue weighted by Gasteiger charge is -2.37. The standard InChI is InChI=1S/C24H28ClN5O2/c1-16-14-31-10-8-29(16)23-20-6-7-21(19-5-3-4-18(12-19)13-25)26-22(20)27-24(28-23)30-9-11-32-15-17(30)2/h3-7,12,16-17H,8-11,13-15H2,1-2H3/t16-,17?/m0/s1. The lowest BCUT2D eigenvalue weighted by molar-refractivity contribution is 0.0973. The zero-order chi connectivity index (χ0) is 22.1. The van der Waals surface area contributed by atoms with E-state index in [2.05, 4.69) is 41.8 Å². The predicted octanol–water partition coefficient (Wildman–Crippen LogP) is 3.88. The molecule has 0 bridgehead atoms. The van der Waals surface area contributed by atoms with Crippen molar-refractivity contribution in [2.24, 2.45) is 0 Å². The van der Waals surface area contributed by atoms with Crippen molar-refractivity contribution in [3.8, 4) is 11.3 Å². The third-order valence-electron chi connectivity index (χ3n) is 6.17. The second kappa shape index (κ2) is 9.17. The molecule has 0 saturated carbocycles. The fourth-order valence-electron chi connectivity index (χ4n) is 4.37. The molecular weight excluding hydrogens is 426 g/mol. The highest BCUT2D eigenvalue weighted by Crippen LogP contribution is 2.31. The Labute approximate surface area is 193 Å². The zero-order valence-corrected chi connectivity index (χ0v) is 19.3. The van der Waals surface area contributed by atoms with E-state index < -0.39 is 0 Å². The van der Waals surface area contributed by atoms with Crippen LogP contribution < -0.4 is 9.80 Å². The fraction of sp³-hybridized carbons (Fsp3) is 0.458. The van der Waals surface area contributed by atoms with E-state index in [1.165, 1.54) is 0 Å². The van der Waals surface area contributed by atoms with Crippen LogP contribution in [0.3, 0.4) is 0 Å². The van der Waals surface area contributed by atoms with Crippen LogP contribution in [0.15, 0.2) is 36.4 Å². The van der Waals surface area contributed by atoms with Gasteiger partial charge in [-0.1, -0.05) is 18.2 Å². The maximum atomic E-state index is 6.05. The van der Waals surface area contributed by atoms with Gasteiger partial charge in [0, 0.05) is 24.5 Å². The normalized spacial score (nSPS) is 21.8. The zero-order valence-electron chi connectivity index (χ0n) is 18.5. The summed E-state index contributed by atoms with van der Waals surface area (Å²) in [5, 5.41) is 0.959. The lowest BCUT2D eigenvalue weighted by Crippen LogP contribution is -2.46. The van der Waals surface area contributed by atoms with Crippen LogP contribution in [0, 0.1) is 0 Å². The molecule has 7 nitrogen and oxygen atoms in total. The Bertz CT molecular complexity index is 1110. The molecular formula is C24H28ClN5O2. The molecule has 2 aromatic heterocycles. The minimum Gasteiger partial charge on any atom is -0.377 e. The summed E-state index contributed by atoms with van der Waals surface area (Å²) in [5.41, 5.74) is 3.69. The van der Waals surface area contributed by atoms with Gasteiger partial charge in [0.25, 0.3) is 0 Å². The topological polar surface area (TPSA) is 63.6 Å². The van der Waals surface area contributed by atoms with Gasteiger partial charge in [0.05, 0.1) is 49.6 Å². The van der Waals surface area contributed by atoms with Gasteiger partial charge in [-0.15, -0.1) is 11.6 Å². The van der Waals surface area contributed by atoms with E-state index in [-0.39, 0.29) is 12.1 Å². The SMILES string of the molecule is CC1COCCN1c1nc(N2CCOC[C@@H]2C)c2ccc(-c3cccc(CCl)c3)nc2n1. The molecule has 2 atom stereocenters. The molecule has 168 valence electrons. The van der Waals surface area contributed by atoms with Crippen molar-refractivity contribution in [2.45, 2.75) is 31.8 Å². The second-order valence-corrected chi connectivity index (χ2v) is 8.75. The minimum absolute atomic E-state index is 0.208. The monoisotopic (exact) mass is 453 g/mol. The number of ether oxygens (including phenoxy) is 2. The highest BCUT2D eigenvalue weighted by Gasteiger charge is 2.27. The molecule has 1 aromatic carbocycles. The van der Waals surface area contributed by atoms with Crippen molar-refractivity contribution >= 4 is 34.4 Å². The van der Waals surface area contributed by atoms with E-state index in [1.807, 2.05) is 18.2 Å². The van der Waals surface area contributed by atoms with Gasteiger partial charge in [-0.2, -0.15) is 9.97 Å². The summed E-state index contributed by atoms with van der Waals surface area (Å²) >= 11 is 6.05. The van der Waals surface area contributed by atoms with E-state index in [0.717, 1.165) is 41.1 Å². The number of benzene rings is 1. The van der Waals surface area contributed by atoms with Crippen LogP contribution in [0.2, 0.25) is 0 Å². The Kier molecular flexibility index (Phi) is 6.13. The van der Waals surface area contributed by atoms with Crippen molar-refractivity contribution < 1.29 is 9.47 Å². The molecule has 5 rings (SSSR count). The van der Waals surface area contributed by atoms with Crippen molar-refractivity contribution in [1.82, 2.24) is 15.0 Å². The van der Waals surface area contributed by atoms with Gasteiger partial charge in [0.15, 0.2) is 5.65 Å². The van der Waals surface area contributed by atoms with Crippen LogP contribution in [0.5, 0.6) is 0 Å². The maximum Gasteiger partial charge on any atom is 0.229 e. The minimum atomic E-state index is 0.208. The first-order valence-corrected chi connectivity index (χ1v) is 11.7. The number of aromatic nitrogens is 3. The van der Waals surface area contributed by atoms with Crippen LogP contribution in [-0.2, 0) is 15.4 Å². The molecule has 0 N–H and O–H groups in total. The van der Waals surface area contributed by atoms with Gasteiger partial charge >= 0.3 is 0 Å². The number of halogens is 1. The Morgan fingerprint density at radius 3 is 2.41 bits per heavy atom. The number of anilines is 2. The summed E-state index contributed by atoms with van der Waals surface area (Å²) in [5.74, 6) is 2.11. The van der Waals surface area contributed by atoms with E-state index in [0.29, 0.717) is 43.9 Å². The van der Waals surface area contributed by atoms with E-state index in [4.69, 9.17) is 36.0 Å². The second-order valence-electron chi connectivity index (χ2n) is 8.48. The Morgan fingerprint density at radius 1 is 0.938 bits per heavy atom. The molecule has 0 spiro atoms.